The van der Waals surface area contributed by atoms with Crippen molar-refractivity contribution in [1.82, 2.24) is 15.1 Å². The number of carbonyl (C=O) groups is 1. The second-order valence-electron chi connectivity index (χ2n) is 4.03. The predicted molar refractivity (Wildman–Crippen MR) is 55.9 cm³/mol. The Hall–Kier alpha value is -1.56. The highest BCUT2D eigenvalue weighted by Crippen LogP contribution is 1.98. The maximum absolute atomic E-state index is 11.3. The highest BCUT2D eigenvalue weighted by Gasteiger charge is 2.13. The molecule has 0 aromatic carbocycles. The molecule has 0 aliphatic carbocycles. The number of aromatic nitrogens is 2. The molecule has 0 fully saturated rings. The Morgan fingerprint density at radius 3 is 2.87 bits per heavy atom. The maximum Gasteiger partial charge on any atom is 0.241 e. The Kier molecular flexibility index (Phi) is 3.31. The van der Waals surface area contributed by atoms with Gasteiger partial charge in [-0.2, -0.15) is 5.10 Å². The van der Waals surface area contributed by atoms with E-state index in [1.807, 2.05) is 0 Å². The lowest BCUT2D eigenvalue weighted by molar-refractivity contribution is -0.122. The van der Waals surface area contributed by atoms with E-state index >= 15 is 0 Å². The lowest BCUT2D eigenvalue weighted by Gasteiger charge is -2.17. The van der Waals surface area contributed by atoms with E-state index in [1.54, 1.807) is 26.1 Å². The van der Waals surface area contributed by atoms with E-state index < -0.39 is 5.60 Å². The summed E-state index contributed by atoms with van der Waals surface area (Å²) in [5.74, 6) is 0.172. The average molecular weight is 212 g/mol. The summed E-state index contributed by atoms with van der Waals surface area (Å²) >= 11 is 0. The minimum atomic E-state index is -0.904. The zero-order chi connectivity index (χ0) is 11.5. The molecule has 0 unspecified atom stereocenters. The number of anilines is 1. The van der Waals surface area contributed by atoms with Crippen LogP contribution in [0.4, 0.5) is 5.82 Å². The third-order valence-electron chi connectivity index (χ3n) is 1.69. The minimum absolute atomic E-state index is 0.104. The fraction of sp³-hybridized carbons (Fsp3) is 0.556. The van der Waals surface area contributed by atoms with Gasteiger partial charge in [0.2, 0.25) is 5.91 Å². The third kappa shape index (κ3) is 4.46. The molecule has 0 saturated heterocycles. The molecule has 6 nitrogen and oxygen atoms in total. The van der Waals surface area contributed by atoms with Gasteiger partial charge in [-0.15, -0.1) is 0 Å². The monoisotopic (exact) mass is 212 g/mol. The van der Waals surface area contributed by atoms with Crippen molar-refractivity contribution in [3.63, 3.8) is 0 Å². The Labute approximate surface area is 88.1 Å². The summed E-state index contributed by atoms with van der Waals surface area (Å²) in [5.41, 5.74) is 4.49. The SMILES string of the molecule is CC(C)(O)CNC(=O)Cn1ccc(N)n1. The fourth-order valence-electron chi connectivity index (χ4n) is 0.983. The molecule has 6 heteroatoms. The molecule has 1 aromatic heterocycles. The van der Waals surface area contributed by atoms with Crippen molar-refractivity contribution < 1.29 is 9.90 Å². The number of nitrogens with one attached hydrogen (secondary N) is 1. The van der Waals surface area contributed by atoms with E-state index in [-0.39, 0.29) is 19.0 Å². The summed E-state index contributed by atoms with van der Waals surface area (Å²) in [4.78, 5) is 11.3. The van der Waals surface area contributed by atoms with E-state index in [9.17, 15) is 9.90 Å². The van der Waals surface area contributed by atoms with Gasteiger partial charge in [0.15, 0.2) is 0 Å². The molecule has 4 N–H and O–H groups in total. The fourth-order valence-corrected chi connectivity index (χ4v) is 0.983. The van der Waals surface area contributed by atoms with Crippen molar-refractivity contribution in [2.45, 2.75) is 26.0 Å². The number of hydrogen-bond donors (Lipinski definition) is 3. The van der Waals surface area contributed by atoms with E-state index in [1.165, 1.54) is 4.68 Å². The number of aliphatic hydroxyl groups is 1. The molecule has 1 heterocycles. The zero-order valence-corrected chi connectivity index (χ0v) is 8.90. The highest BCUT2D eigenvalue weighted by molar-refractivity contribution is 5.75. The Bertz CT molecular complexity index is 340. The van der Waals surface area contributed by atoms with Crippen molar-refractivity contribution in [1.29, 1.82) is 0 Å². The molecule has 0 aliphatic rings. The van der Waals surface area contributed by atoms with Crippen LogP contribution in [-0.2, 0) is 11.3 Å². The van der Waals surface area contributed by atoms with Gasteiger partial charge >= 0.3 is 0 Å². The number of rotatable bonds is 4. The van der Waals surface area contributed by atoms with Gasteiger partial charge in [0.1, 0.15) is 12.4 Å². The topological polar surface area (TPSA) is 93.2 Å². The summed E-state index contributed by atoms with van der Waals surface area (Å²) in [7, 11) is 0. The van der Waals surface area contributed by atoms with E-state index in [0.717, 1.165) is 0 Å². The van der Waals surface area contributed by atoms with Crippen LogP contribution in [0.5, 0.6) is 0 Å². The molecular weight excluding hydrogens is 196 g/mol. The summed E-state index contributed by atoms with van der Waals surface area (Å²) in [6.07, 6.45) is 1.62. The van der Waals surface area contributed by atoms with Crippen LogP contribution in [-0.4, -0.2) is 32.9 Å². The minimum Gasteiger partial charge on any atom is -0.389 e. The summed E-state index contributed by atoms with van der Waals surface area (Å²) in [5, 5.41) is 15.8. The molecule has 0 bridgehead atoms. The molecule has 1 rings (SSSR count). The van der Waals surface area contributed by atoms with Gasteiger partial charge in [-0.3, -0.25) is 9.48 Å². The third-order valence-corrected chi connectivity index (χ3v) is 1.69. The van der Waals surface area contributed by atoms with E-state index in [0.29, 0.717) is 5.82 Å². The Balaban J connectivity index is 2.37. The van der Waals surface area contributed by atoms with Gasteiger partial charge < -0.3 is 16.2 Å². The highest BCUT2D eigenvalue weighted by atomic mass is 16.3. The molecule has 0 radical (unpaired) electrons. The van der Waals surface area contributed by atoms with Crippen LogP contribution in [0.3, 0.4) is 0 Å². The molecule has 0 atom stereocenters. The number of hydrogen-bond acceptors (Lipinski definition) is 4. The number of nitrogen functional groups attached to an aromatic ring is 1. The summed E-state index contributed by atoms with van der Waals surface area (Å²) in [6, 6.07) is 1.61. The van der Waals surface area contributed by atoms with Crippen molar-refractivity contribution in [2.75, 3.05) is 12.3 Å². The van der Waals surface area contributed by atoms with Gasteiger partial charge in [0, 0.05) is 12.7 Å². The van der Waals surface area contributed by atoms with Crippen LogP contribution in [0.25, 0.3) is 0 Å². The predicted octanol–water partition coefficient (Wildman–Crippen LogP) is -0.648. The normalized spacial score (nSPS) is 11.4. The van der Waals surface area contributed by atoms with Gasteiger partial charge in [-0.1, -0.05) is 0 Å². The first-order chi connectivity index (χ1) is 6.87. The molecule has 0 aliphatic heterocycles. The number of carbonyl (C=O) groups excluding carboxylic acids is 1. The number of amides is 1. The summed E-state index contributed by atoms with van der Waals surface area (Å²) in [6.45, 7) is 3.56. The smallest absolute Gasteiger partial charge is 0.241 e. The molecule has 1 amide bonds. The van der Waals surface area contributed by atoms with Gasteiger partial charge in [0.05, 0.1) is 5.60 Å². The van der Waals surface area contributed by atoms with Gasteiger partial charge in [0.25, 0.3) is 0 Å². The molecule has 15 heavy (non-hydrogen) atoms. The van der Waals surface area contributed by atoms with Crippen LogP contribution < -0.4 is 11.1 Å². The van der Waals surface area contributed by atoms with Crippen LogP contribution in [0, 0.1) is 0 Å². The van der Waals surface area contributed by atoms with Gasteiger partial charge in [-0.05, 0) is 19.9 Å². The van der Waals surface area contributed by atoms with Crippen molar-refractivity contribution in [3.8, 4) is 0 Å². The van der Waals surface area contributed by atoms with E-state index in [4.69, 9.17) is 5.73 Å². The van der Waals surface area contributed by atoms with Crippen molar-refractivity contribution in [2.24, 2.45) is 0 Å². The molecule has 0 spiro atoms. The molecule has 1 aromatic rings. The zero-order valence-electron chi connectivity index (χ0n) is 8.90. The summed E-state index contributed by atoms with van der Waals surface area (Å²) < 4.78 is 1.44. The van der Waals surface area contributed by atoms with Crippen LogP contribution in [0.1, 0.15) is 13.8 Å². The quantitative estimate of drug-likeness (QED) is 0.618. The van der Waals surface area contributed by atoms with E-state index in [2.05, 4.69) is 10.4 Å². The van der Waals surface area contributed by atoms with Crippen molar-refractivity contribution >= 4 is 11.7 Å². The Morgan fingerprint density at radius 1 is 1.73 bits per heavy atom. The second-order valence-corrected chi connectivity index (χ2v) is 4.03. The average Bonchev–Trinajstić information content (AvgIpc) is 2.47. The van der Waals surface area contributed by atoms with Crippen LogP contribution in [0.15, 0.2) is 12.3 Å². The van der Waals surface area contributed by atoms with Crippen molar-refractivity contribution in [3.05, 3.63) is 12.3 Å². The second kappa shape index (κ2) is 4.31. The Morgan fingerprint density at radius 2 is 2.40 bits per heavy atom. The number of nitrogens with two attached hydrogens (primary N) is 1. The first-order valence-electron chi connectivity index (χ1n) is 4.65. The van der Waals surface area contributed by atoms with Crippen LogP contribution in [0.2, 0.25) is 0 Å². The number of nitrogens with zero attached hydrogens (tertiary/aromatic N) is 2. The largest absolute Gasteiger partial charge is 0.389 e. The molecular formula is C9H16N4O2. The molecule has 84 valence electrons. The standard InChI is InChI=1S/C9H16N4O2/c1-9(2,15)6-11-8(14)5-13-4-3-7(10)12-13/h3-4,15H,5-6H2,1-2H3,(H2,10,12)(H,11,14). The maximum atomic E-state index is 11.3. The first-order valence-corrected chi connectivity index (χ1v) is 4.65. The first kappa shape index (κ1) is 11.5. The van der Waals surface area contributed by atoms with Crippen LogP contribution >= 0.6 is 0 Å². The van der Waals surface area contributed by atoms with Gasteiger partial charge in [-0.25, -0.2) is 0 Å². The lowest BCUT2D eigenvalue weighted by atomic mass is 10.1. The lowest BCUT2D eigenvalue weighted by Crippen LogP contribution is -2.39. The molecule has 0 saturated carbocycles.